The van der Waals surface area contributed by atoms with E-state index in [-0.39, 0.29) is 19.1 Å². The van der Waals surface area contributed by atoms with Crippen LogP contribution in [0.3, 0.4) is 0 Å². The van der Waals surface area contributed by atoms with Gasteiger partial charge in [0.25, 0.3) is 0 Å². The van der Waals surface area contributed by atoms with E-state index in [2.05, 4.69) is 21.6 Å². The topological polar surface area (TPSA) is 77.9 Å². The largest absolute Gasteiger partial charge is 0.468 e. The van der Waals surface area contributed by atoms with E-state index in [9.17, 15) is 9.90 Å². The molecule has 1 N–H and O–H groups in total. The van der Waals surface area contributed by atoms with Crippen LogP contribution < -0.4 is 4.74 Å². The smallest absolute Gasteiger partial charge is 0.356 e. The molecule has 1 heterocycles. The second kappa shape index (κ2) is 11.6. The molecule has 0 aliphatic carbocycles. The number of hydrogen-bond acceptors (Lipinski definition) is 6. The van der Waals surface area contributed by atoms with Gasteiger partial charge in [-0.3, -0.25) is 0 Å². The molecule has 26 heavy (non-hydrogen) atoms. The molecule has 2 aromatic rings. The lowest BCUT2D eigenvalue weighted by Crippen LogP contribution is -2.07. The van der Waals surface area contributed by atoms with Crippen LogP contribution in [0.5, 0.6) is 5.75 Å². The minimum Gasteiger partial charge on any atom is -0.468 e. The van der Waals surface area contributed by atoms with Gasteiger partial charge in [-0.25, -0.2) is 9.78 Å². The molecule has 138 valence electrons. The number of aromatic nitrogens is 1. The zero-order valence-corrected chi connectivity index (χ0v) is 15.4. The highest BCUT2D eigenvalue weighted by atomic mass is 16.7. The van der Waals surface area contributed by atoms with Crippen molar-refractivity contribution in [2.24, 2.45) is 0 Å². The van der Waals surface area contributed by atoms with Crippen LogP contribution >= 0.6 is 0 Å². The van der Waals surface area contributed by atoms with Crippen LogP contribution in [0.2, 0.25) is 0 Å². The van der Waals surface area contributed by atoms with Gasteiger partial charge in [0.1, 0.15) is 11.4 Å². The van der Waals surface area contributed by atoms with Gasteiger partial charge >= 0.3 is 5.97 Å². The molecule has 0 atom stereocenters. The summed E-state index contributed by atoms with van der Waals surface area (Å²) >= 11 is 0. The lowest BCUT2D eigenvalue weighted by molar-refractivity contribution is 0.0511. The number of carbonyl (C=O) groups excluding carboxylic acids is 1. The maximum atomic E-state index is 11.6. The molecule has 0 saturated heterocycles. The number of aliphatic hydroxyl groups excluding tert-OH is 1. The molecule has 0 amide bonds. The summed E-state index contributed by atoms with van der Waals surface area (Å²) in [5.74, 6) is 6.03. The third-order valence-electron chi connectivity index (χ3n) is 2.98. The Morgan fingerprint density at radius 2 is 1.73 bits per heavy atom. The number of pyridine rings is 1. The summed E-state index contributed by atoms with van der Waals surface area (Å²) in [6, 6.07) is 10.3. The average Bonchev–Trinajstić information content (AvgIpc) is 2.72. The number of benzene rings is 1. The molecular weight excluding hydrogens is 334 g/mol. The molecule has 0 saturated carbocycles. The monoisotopic (exact) mass is 357 g/mol. The fourth-order valence-electron chi connectivity index (χ4n) is 1.86. The summed E-state index contributed by atoms with van der Waals surface area (Å²) < 4.78 is 14.8. The molecule has 0 fully saturated rings. The van der Waals surface area contributed by atoms with E-state index in [1.54, 1.807) is 25.3 Å². The summed E-state index contributed by atoms with van der Waals surface area (Å²) in [7, 11) is 2.83. The van der Waals surface area contributed by atoms with Crippen molar-refractivity contribution in [2.75, 3.05) is 21.0 Å². The Bertz CT molecular complexity index is 760. The van der Waals surface area contributed by atoms with Crippen molar-refractivity contribution in [2.45, 2.75) is 20.5 Å². The lowest BCUT2D eigenvalue weighted by atomic mass is 10.1. The van der Waals surface area contributed by atoms with Crippen molar-refractivity contribution in [1.82, 2.24) is 4.98 Å². The first-order valence-corrected chi connectivity index (χ1v) is 8.10. The molecule has 0 spiro atoms. The van der Waals surface area contributed by atoms with E-state index in [0.29, 0.717) is 17.0 Å². The van der Waals surface area contributed by atoms with Crippen LogP contribution in [0.4, 0.5) is 0 Å². The van der Waals surface area contributed by atoms with Gasteiger partial charge in [-0.05, 0) is 36.4 Å². The summed E-state index contributed by atoms with van der Waals surface area (Å²) in [6.45, 7) is 3.90. The molecule has 0 unspecified atom stereocenters. The molecule has 0 aliphatic rings. The molecule has 1 aromatic carbocycles. The quantitative estimate of drug-likeness (QED) is 0.504. The second-order valence-electron chi connectivity index (χ2n) is 4.71. The van der Waals surface area contributed by atoms with Crippen molar-refractivity contribution in [3.63, 3.8) is 0 Å². The standard InChI is InChI=1S/C18H17NO5.C2H6/c1-22-12-24-16-7-5-13(6-8-16)3-4-14-9-15(11-20)19-17(10-14)18(21)23-2;1-2/h5-10,20H,11-12H2,1-2H3;1-2H3. The number of hydrogen-bond donors (Lipinski definition) is 1. The Morgan fingerprint density at radius 1 is 1.08 bits per heavy atom. The van der Waals surface area contributed by atoms with Gasteiger partial charge in [0.15, 0.2) is 6.79 Å². The van der Waals surface area contributed by atoms with E-state index < -0.39 is 5.97 Å². The van der Waals surface area contributed by atoms with Gasteiger partial charge in [-0.1, -0.05) is 25.7 Å². The number of methoxy groups -OCH3 is 2. The van der Waals surface area contributed by atoms with Gasteiger partial charge in [0, 0.05) is 18.2 Å². The molecule has 2 rings (SSSR count). The highest BCUT2D eigenvalue weighted by Gasteiger charge is 2.09. The zero-order valence-electron chi connectivity index (χ0n) is 15.4. The first kappa shape index (κ1) is 21.2. The summed E-state index contributed by atoms with van der Waals surface area (Å²) in [5.41, 5.74) is 1.80. The van der Waals surface area contributed by atoms with Crippen molar-refractivity contribution in [1.29, 1.82) is 0 Å². The Balaban J connectivity index is 0.00000163. The van der Waals surface area contributed by atoms with Crippen LogP contribution in [0.1, 0.15) is 41.2 Å². The number of esters is 1. The summed E-state index contributed by atoms with van der Waals surface area (Å²) in [5, 5.41) is 9.24. The van der Waals surface area contributed by atoms with E-state index in [4.69, 9.17) is 9.47 Å². The molecule has 0 radical (unpaired) electrons. The van der Waals surface area contributed by atoms with Gasteiger partial charge in [0.2, 0.25) is 0 Å². The lowest BCUT2D eigenvalue weighted by Gasteiger charge is -2.03. The van der Waals surface area contributed by atoms with Crippen molar-refractivity contribution in [3.05, 3.63) is 58.9 Å². The number of ether oxygens (including phenoxy) is 3. The molecule has 0 aliphatic heterocycles. The van der Waals surface area contributed by atoms with E-state index in [0.717, 1.165) is 5.56 Å². The third kappa shape index (κ3) is 6.55. The number of carbonyl (C=O) groups is 1. The van der Waals surface area contributed by atoms with Crippen molar-refractivity contribution in [3.8, 4) is 17.6 Å². The number of aliphatic hydroxyl groups is 1. The number of nitrogens with zero attached hydrogens (tertiary/aromatic N) is 1. The van der Waals surface area contributed by atoms with E-state index >= 15 is 0 Å². The van der Waals surface area contributed by atoms with Crippen LogP contribution in [0.25, 0.3) is 0 Å². The fourth-order valence-corrected chi connectivity index (χ4v) is 1.86. The number of rotatable bonds is 5. The van der Waals surface area contributed by atoms with Crippen molar-refractivity contribution >= 4 is 5.97 Å². The molecule has 1 aromatic heterocycles. The zero-order chi connectivity index (χ0) is 19.4. The van der Waals surface area contributed by atoms with Gasteiger partial charge in [0.05, 0.1) is 19.4 Å². The predicted molar refractivity (Wildman–Crippen MR) is 97.8 cm³/mol. The summed E-state index contributed by atoms with van der Waals surface area (Å²) in [6.07, 6.45) is 0. The van der Waals surface area contributed by atoms with E-state index in [1.165, 1.54) is 13.2 Å². The van der Waals surface area contributed by atoms with Crippen molar-refractivity contribution < 1.29 is 24.1 Å². The first-order valence-electron chi connectivity index (χ1n) is 8.10. The van der Waals surface area contributed by atoms with Crippen LogP contribution in [-0.4, -0.2) is 37.1 Å². The van der Waals surface area contributed by atoms with Gasteiger partial charge in [-0.15, -0.1) is 0 Å². The van der Waals surface area contributed by atoms with Gasteiger partial charge < -0.3 is 19.3 Å². The fraction of sp³-hybridized carbons (Fsp3) is 0.300. The Hall–Kier alpha value is -2.88. The predicted octanol–water partition coefficient (Wildman–Crippen LogP) is 2.77. The SMILES string of the molecule is CC.COCOc1ccc(C#Cc2cc(CO)nc(C(=O)OC)c2)cc1. The summed E-state index contributed by atoms with van der Waals surface area (Å²) in [4.78, 5) is 15.6. The molecule has 6 heteroatoms. The van der Waals surface area contributed by atoms with E-state index in [1.807, 2.05) is 26.0 Å². The van der Waals surface area contributed by atoms with Crippen LogP contribution in [0.15, 0.2) is 36.4 Å². The first-order chi connectivity index (χ1) is 12.7. The third-order valence-corrected chi connectivity index (χ3v) is 2.98. The normalized spacial score (nSPS) is 9.27. The molecule has 6 nitrogen and oxygen atoms in total. The minimum absolute atomic E-state index is 0.108. The highest BCUT2D eigenvalue weighted by molar-refractivity contribution is 5.87. The maximum absolute atomic E-state index is 11.6. The highest BCUT2D eigenvalue weighted by Crippen LogP contribution is 2.12. The average molecular weight is 357 g/mol. The Morgan fingerprint density at radius 3 is 2.31 bits per heavy atom. The Labute approximate surface area is 153 Å². The second-order valence-corrected chi connectivity index (χ2v) is 4.71. The Kier molecular flexibility index (Phi) is 9.47. The maximum Gasteiger partial charge on any atom is 0.356 e. The minimum atomic E-state index is -0.576. The van der Waals surface area contributed by atoms with Crippen LogP contribution in [0, 0.1) is 11.8 Å². The van der Waals surface area contributed by atoms with Gasteiger partial charge in [-0.2, -0.15) is 0 Å². The molecule has 0 bridgehead atoms. The molecular formula is C20H23NO5. The van der Waals surface area contributed by atoms with Crippen LogP contribution in [-0.2, 0) is 16.1 Å².